The van der Waals surface area contributed by atoms with E-state index in [1.54, 1.807) is 16.9 Å². The first-order valence-corrected chi connectivity index (χ1v) is 8.75. The van der Waals surface area contributed by atoms with E-state index in [9.17, 15) is 4.79 Å². The SMILES string of the molecule is CCO[C@@H]1C[C@H](N(C)C(=O)c2ccc3nncn3c2)C1(CC)CC. The fourth-order valence-corrected chi connectivity index (χ4v) is 4.18. The lowest BCUT2D eigenvalue weighted by atomic mass is 9.58. The third-order valence-electron chi connectivity index (χ3n) is 5.75. The Labute approximate surface area is 142 Å². The summed E-state index contributed by atoms with van der Waals surface area (Å²) >= 11 is 0. The van der Waals surface area contributed by atoms with E-state index in [2.05, 4.69) is 24.0 Å². The maximum Gasteiger partial charge on any atom is 0.255 e. The van der Waals surface area contributed by atoms with Crippen LogP contribution in [0.3, 0.4) is 0 Å². The molecule has 24 heavy (non-hydrogen) atoms. The van der Waals surface area contributed by atoms with Crippen molar-refractivity contribution in [1.82, 2.24) is 19.5 Å². The van der Waals surface area contributed by atoms with Crippen LogP contribution in [-0.4, -0.2) is 51.2 Å². The lowest BCUT2D eigenvalue weighted by molar-refractivity contribution is -0.159. The van der Waals surface area contributed by atoms with Crippen molar-refractivity contribution in [2.45, 2.75) is 52.2 Å². The number of nitrogens with zero attached hydrogens (tertiary/aromatic N) is 4. The predicted octanol–water partition coefficient (Wildman–Crippen LogP) is 2.79. The summed E-state index contributed by atoms with van der Waals surface area (Å²) in [4.78, 5) is 14.9. The van der Waals surface area contributed by atoms with Crippen LogP contribution in [0.4, 0.5) is 0 Å². The summed E-state index contributed by atoms with van der Waals surface area (Å²) in [5, 5.41) is 7.84. The number of hydrogen-bond donors (Lipinski definition) is 0. The second kappa shape index (κ2) is 6.51. The van der Waals surface area contributed by atoms with E-state index in [0.717, 1.165) is 31.5 Å². The van der Waals surface area contributed by atoms with Crippen molar-refractivity contribution in [2.75, 3.05) is 13.7 Å². The van der Waals surface area contributed by atoms with Gasteiger partial charge in [0, 0.05) is 31.3 Å². The number of amides is 1. The van der Waals surface area contributed by atoms with Crippen LogP contribution in [0.15, 0.2) is 24.7 Å². The number of hydrogen-bond acceptors (Lipinski definition) is 4. The highest BCUT2D eigenvalue weighted by atomic mass is 16.5. The Morgan fingerprint density at radius 1 is 1.38 bits per heavy atom. The molecule has 1 fully saturated rings. The Hall–Kier alpha value is -1.95. The zero-order chi connectivity index (χ0) is 17.3. The molecule has 0 bridgehead atoms. The first kappa shape index (κ1) is 16.9. The van der Waals surface area contributed by atoms with Gasteiger partial charge in [-0.15, -0.1) is 10.2 Å². The van der Waals surface area contributed by atoms with Gasteiger partial charge in [-0.2, -0.15) is 0 Å². The Balaban J connectivity index is 1.82. The van der Waals surface area contributed by atoms with Gasteiger partial charge in [-0.1, -0.05) is 13.8 Å². The molecule has 1 amide bonds. The summed E-state index contributed by atoms with van der Waals surface area (Å²) in [6.07, 6.45) is 6.60. The number of fused-ring (bicyclic) bond motifs is 1. The van der Waals surface area contributed by atoms with E-state index in [1.165, 1.54) is 0 Å². The second-order valence-electron chi connectivity index (χ2n) is 6.57. The molecule has 0 aromatic carbocycles. The molecule has 6 heteroatoms. The molecule has 0 radical (unpaired) electrons. The van der Waals surface area contributed by atoms with E-state index in [4.69, 9.17) is 4.74 Å². The maximum atomic E-state index is 13.0. The zero-order valence-corrected chi connectivity index (χ0v) is 14.9. The molecule has 0 saturated heterocycles. The molecule has 1 aliphatic carbocycles. The molecule has 2 aromatic heterocycles. The summed E-state index contributed by atoms with van der Waals surface area (Å²) in [7, 11) is 1.91. The first-order valence-electron chi connectivity index (χ1n) is 8.75. The van der Waals surface area contributed by atoms with Gasteiger partial charge in [-0.05, 0) is 38.3 Å². The molecule has 1 saturated carbocycles. The Morgan fingerprint density at radius 3 is 2.79 bits per heavy atom. The van der Waals surface area contributed by atoms with E-state index in [-0.39, 0.29) is 23.5 Å². The summed E-state index contributed by atoms with van der Waals surface area (Å²) < 4.78 is 7.71. The van der Waals surface area contributed by atoms with Crippen molar-refractivity contribution in [1.29, 1.82) is 0 Å². The molecular weight excluding hydrogens is 304 g/mol. The quantitative estimate of drug-likeness (QED) is 0.817. The molecule has 0 aliphatic heterocycles. The van der Waals surface area contributed by atoms with Crippen molar-refractivity contribution in [3.8, 4) is 0 Å². The number of rotatable bonds is 6. The third kappa shape index (κ3) is 2.49. The van der Waals surface area contributed by atoms with E-state index in [1.807, 2.05) is 31.0 Å². The molecule has 2 aromatic rings. The van der Waals surface area contributed by atoms with Gasteiger partial charge >= 0.3 is 0 Å². The van der Waals surface area contributed by atoms with Crippen LogP contribution >= 0.6 is 0 Å². The van der Waals surface area contributed by atoms with E-state index < -0.39 is 0 Å². The van der Waals surface area contributed by atoms with Gasteiger partial charge in [-0.25, -0.2) is 0 Å². The van der Waals surface area contributed by atoms with Gasteiger partial charge in [0.15, 0.2) is 5.65 Å². The summed E-state index contributed by atoms with van der Waals surface area (Å²) in [6.45, 7) is 7.15. The number of pyridine rings is 1. The van der Waals surface area contributed by atoms with Crippen LogP contribution in [0, 0.1) is 5.41 Å². The van der Waals surface area contributed by atoms with Crippen molar-refractivity contribution < 1.29 is 9.53 Å². The minimum atomic E-state index is 0.0387. The van der Waals surface area contributed by atoms with Crippen LogP contribution in [0.25, 0.3) is 5.65 Å². The lowest BCUT2D eigenvalue weighted by Crippen LogP contribution is -2.64. The van der Waals surface area contributed by atoms with Gasteiger partial charge < -0.3 is 9.64 Å². The molecule has 1 aliphatic rings. The topological polar surface area (TPSA) is 59.7 Å². The van der Waals surface area contributed by atoms with Crippen molar-refractivity contribution >= 4 is 11.6 Å². The number of carbonyl (C=O) groups excluding carboxylic acids is 1. The molecule has 0 N–H and O–H groups in total. The van der Waals surface area contributed by atoms with Crippen molar-refractivity contribution in [3.05, 3.63) is 30.2 Å². The van der Waals surface area contributed by atoms with Crippen molar-refractivity contribution in [2.24, 2.45) is 5.41 Å². The first-order chi connectivity index (χ1) is 11.6. The molecule has 2 heterocycles. The largest absolute Gasteiger partial charge is 0.378 e. The van der Waals surface area contributed by atoms with Gasteiger partial charge in [-0.3, -0.25) is 9.20 Å². The van der Waals surface area contributed by atoms with E-state index in [0.29, 0.717) is 5.56 Å². The minimum Gasteiger partial charge on any atom is -0.378 e. The highest BCUT2D eigenvalue weighted by Crippen LogP contribution is 2.51. The fourth-order valence-electron chi connectivity index (χ4n) is 4.18. The lowest BCUT2D eigenvalue weighted by Gasteiger charge is -2.58. The summed E-state index contributed by atoms with van der Waals surface area (Å²) in [5.41, 5.74) is 1.46. The highest BCUT2D eigenvalue weighted by Gasteiger charge is 2.55. The molecule has 130 valence electrons. The molecule has 6 nitrogen and oxygen atoms in total. The maximum absolute atomic E-state index is 13.0. The summed E-state index contributed by atoms with van der Waals surface area (Å²) in [6, 6.07) is 3.86. The average Bonchev–Trinajstić information content (AvgIpc) is 3.06. The minimum absolute atomic E-state index is 0.0387. The molecule has 2 atom stereocenters. The Morgan fingerprint density at radius 2 is 2.12 bits per heavy atom. The molecule has 0 unspecified atom stereocenters. The fraction of sp³-hybridized carbons (Fsp3) is 0.611. The van der Waals surface area contributed by atoms with Gasteiger partial charge in [0.2, 0.25) is 0 Å². The summed E-state index contributed by atoms with van der Waals surface area (Å²) in [5.74, 6) is 0.0387. The number of ether oxygens (including phenoxy) is 1. The van der Waals surface area contributed by atoms with Crippen LogP contribution in [0.2, 0.25) is 0 Å². The van der Waals surface area contributed by atoms with Crippen molar-refractivity contribution in [3.63, 3.8) is 0 Å². The molecular formula is C18H26N4O2. The van der Waals surface area contributed by atoms with Gasteiger partial charge in [0.25, 0.3) is 5.91 Å². The predicted molar refractivity (Wildman–Crippen MR) is 91.9 cm³/mol. The van der Waals surface area contributed by atoms with Gasteiger partial charge in [0.1, 0.15) is 6.33 Å². The average molecular weight is 330 g/mol. The smallest absolute Gasteiger partial charge is 0.255 e. The third-order valence-corrected chi connectivity index (χ3v) is 5.75. The van der Waals surface area contributed by atoms with Gasteiger partial charge in [0.05, 0.1) is 11.7 Å². The zero-order valence-electron chi connectivity index (χ0n) is 14.9. The van der Waals surface area contributed by atoms with E-state index >= 15 is 0 Å². The standard InChI is InChI=1S/C18H26N4O2/c1-5-18(6-2)14(10-15(18)24-7-3)21(4)17(23)13-8-9-16-20-19-12-22(16)11-13/h8-9,11-12,14-15H,5-7,10H2,1-4H3/t14-,15+/m0/s1. The Kier molecular flexibility index (Phi) is 4.58. The normalized spacial score (nSPS) is 22.3. The Bertz CT molecular complexity index is 723. The van der Waals surface area contributed by atoms with Crippen LogP contribution < -0.4 is 0 Å². The second-order valence-corrected chi connectivity index (χ2v) is 6.57. The molecule has 3 rings (SSSR count). The number of aromatic nitrogens is 3. The monoisotopic (exact) mass is 330 g/mol. The van der Waals surface area contributed by atoms with Crippen LogP contribution in [0.1, 0.15) is 50.4 Å². The van der Waals surface area contributed by atoms with Crippen LogP contribution in [0.5, 0.6) is 0 Å². The number of carbonyl (C=O) groups is 1. The molecule has 0 spiro atoms. The van der Waals surface area contributed by atoms with Crippen LogP contribution in [-0.2, 0) is 4.74 Å². The highest BCUT2D eigenvalue weighted by molar-refractivity contribution is 5.94.